The van der Waals surface area contributed by atoms with E-state index >= 15 is 0 Å². The highest BCUT2D eigenvalue weighted by atomic mass is 31.2. The SMILES string of the molecule is COC(=O)[C@H](Cc1ccccc1)NP(=O)(O)OC[C@H]1O[C@@H](n2ccc(N)nc2=O)[C@@H](O)[C@@H]1O. The first-order chi connectivity index (χ1) is 15.6. The summed E-state index contributed by atoms with van der Waals surface area (Å²) in [7, 11) is -3.44. The number of nitrogens with zero attached hydrogens (tertiary/aromatic N) is 2. The summed E-state index contributed by atoms with van der Waals surface area (Å²) in [5.41, 5.74) is 5.33. The van der Waals surface area contributed by atoms with Crippen LogP contribution in [0.5, 0.6) is 0 Å². The lowest BCUT2D eigenvalue weighted by molar-refractivity contribution is -0.142. The molecule has 1 aliphatic heterocycles. The second-order valence-electron chi connectivity index (χ2n) is 7.30. The van der Waals surface area contributed by atoms with Crippen LogP contribution in [0.2, 0.25) is 0 Å². The molecule has 0 spiro atoms. The minimum absolute atomic E-state index is 0.0351. The van der Waals surface area contributed by atoms with Crippen molar-refractivity contribution in [2.75, 3.05) is 19.5 Å². The monoisotopic (exact) mass is 484 g/mol. The Hall–Kier alpha value is -2.64. The molecule has 0 aliphatic carbocycles. The van der Waals surface area contributed by atoms with Gasteiger partial charge in [0.1, 0.15) is 30.2 Å². The van der Waals surface area contributed by atoms with E-state index in [0.717, 1.165) is 11.7 Å². The molecule has 1 saturated heterocycles. The Kier molecular flexibility index (Phi) is 7.97. The zero-order valence-corrected chi connectivity index (χ0v) is 18.4. The first-order valence-electron chi connectivity index (χ1n) is 9.84. The molecule has 2 heterocycles. The molecule has 33 heavy (non-hydrogen) atoms. The predicted octanol–water partition coefficient (Wildman–Crippen LogP) is -1.06. The topological polar surface area (TPSA) is 195 Å². The Bertz CT molecular complexity index is 1070. The van der Waals surface area contributed by atoms with Crippen molar-refractivity contribution in [2.24, 2.45) is 0 Å². The number of benzene rings is 1. The fraction of sp³-hybridized carbons (Fsp3) is 0.421. The number of aromatic nitrogens is 2. The van der Waals surface area contributed by atoms with Crippen LogP contribution in [0.1, 0.15) is 11.8 Å². The van der Waals surface area contributed by atoms with Crippen molar-refractivity contribution in [2.45, 2.75) is 37.0 Å². The number of rotatable bonds is 9. The van der Waals surface area contributed by atoms with E-state index in [2.05, 4.69) is 14.8 Å². The molecule has 1 fully saturated rings. The van der Waals surface area contributed by atoms with E-state index < -0.39 is 56.6 Å². The smallest absolute Gasteiger partial charge is 0.403 e. The van der Waals surface area contributed by atoms with E-state index in [0.29, 0.717) is 5.56 Å². The van der Waals surface area contributed by atoms with Crippen molar-refractivity contribution < 1.29 is 38.5 Å². The first-order valence-corrected chi connectivity index (χ1v) is 11.4. The lowest BCUT2D eigenvalue weighted by Gasteiger charge is -2.22. The Labute approximate surface area is 188 Å². The molecule has 0 saturated carbocycles. The van der Waals surface area contributed by atoms with Gasteiger partial charge >= 0.3 is 19.4 Å². The number of nitrogens with one attached hydrogen (secondary N) is 1. The number of anilines is 1. The van der Waals surface area contributed by atoms with Crippen LogP contribution in [0.4, 0.5) is 5.82 Å². The molecule has 1 aliphatic rings. The summed E-state index contributed by atoms with van der Waals surface area (Å²) in [6.45, 7) is -0.633. The number of carbonyl (C=O) groups is 1. The van der Waals surface area contributed by atoms with Gasteiger partial charge in [-0.3, -0.25) is 13.9 Å². The van der Waals surface area contributed by atoms with Gasteiger partial charge in [-0.1, -0.05) is 30.3 Å². The number of nitrogens with two attached hydrogens (primary N) is 1. The van der Waals surface area contributed by atoms with E-state index in [9.17, 15) is 29.3 Å². The van der Waals surface area contributed by atoms with Crippen molar-refractivity contribution in [3.63, 3.8) is 0 Å². The maximum absolute atomic E-state index is 12.6. The number of ether oxygens (including phenoxy) is 2. The van der Waals surface area contributed by atoms with Gasteiger partial charge < -0.3 is 30.3 Å². The van der Waals surface area contributed by atoms with Crippen molar-refractivity contribution >= 4 is 19.5 Å². The lowest BCUT2D eigenvalue weighted by Crippen LogP contribution is -2.39. The molecule has 6 N–H and O–H groups in total. The summed E-state index contributed by atoms with van der Waals surface area (Å²) in [5.74, 6) is -0.813. The van der Waals surface area contributed by atoms with Gasteiger partial charge in [-0.05, 0) is 18.1 Å². The molecule has 14 heteroatoms. The zero-order chi connectivity index (χ0) is 24.2. The maximum Gasteiger partial charge on any atom is 0.403 e. The number of carbonyl (C=O) groups excluding carboxylic acids is 1. The average molecular weight is 484 g/mol. The van der Waals surface area contributed by atoms with Crippen LogP contribution in [-0.4, -0.2) is 68.7 Å². The highest BCUT2D eigenvalue weighted by Crippen LogP contribution is 2.40. The highest BCUT2D eigenvalue weighted by Gasteiger charge is 2.45. The predicted molar refractivity (Wildman–Crippen MR) is 114 cm³/mol. The molecule has 1 aromatic heterocycles. The normalized spacial score (nSPS) is 25.3. The van der Waals surface area contributed by atoms with Crippen LogP contribution in [0.25, 0.3) is 0 Å². The minimum Gasteiger partial charge on any atom is -0.468 e. The molecule has 1 unspecified atom stereocenters. The number of esters is 1. The summed E-state index contributed by atoms with van der Waals surface area (Å²) in [5, 5.41) is 22.8. The van der Waals surface area contributed by atoms with Crippen molar-refractivity contribution in [3.8, 4) is 0 Å². The second kappa shape index (κ2) is 10.5. The van der Waals surface area contributed by atoms with E-state index in [-0.39, 0.29) is 12.2 Å². The molecule has 6 atom stereocenters. The summed E-state index contributed by atoms with van der Waals surface area (Å²) in [4.78, 5) is 37.8. The van der Waals surface area contributed by atoms with Crippen LogP contribution in [-0.2, 0) is 29.8 Å². The third kappa shape index (κ3) is 6.24. The minimum atomic E-state index is -4.58. The zero-order valence-electron chi connectivity index (χ0n) is 17.6. The number of nitrogen functional groups attached to an aromatic ring is 1. The standard InChI is InChI=1S/C19H25N4O9P/c1-30-18(26)12(9-11-5-3-2-4-6-11)22-33(28,29)31-10-13-15(24)16(25)17(32-13)23-8-7-14(20)21-19(23)27/h2-8,12-13,15-17,24-25H,9-10H2,1H3,(H2,20,21,27)(H2,22,28,29)/t12-,13+,15+,16-,17+/m0/s1. The number of hydrogen-bond acceptors (Lipinski definition) is 10. The van der Waals surface area contributed by atoms with Crippen molar-refractivity contribution in [1.29, 1.82) is 0 Å². The van der Waals surface area contributed by atoms with E-state index in [4.69, 9.17) is 15.0 Å². The molecular weight excluding hydrogens is 459 g/mol. The Morgan fingerprint density at radius 3 is 2.64 bits per heavy atom. The summed E-state index contributed by atoms with van der Waals surface area (Å²) in [6, 6.07) is 8.87. The third-order valence-corrected chi connectivity index (χ3v) is 6.10. The Balaban J connectivity index is 1.65. The molecule has 0 bridgehead atoms. The van der Waals surface area contributed by atoms with E-state index in [1.807, 2.05) is 0 Å². The van der Waals surface area contributed by atoms with Gasteiger partial charge in [0, 0.05) is 6.20 Å². The van der Waals surface area contributed by atoms with Gasteiger partial charge in [-0.2, -0.15) is 4.98 Å². The first kappa shape index (κ1) is 25.0. The summed E-state index contributed by atoms with van der Waals surface area (Å²) < 4.78 is 28.6. The van der Waals surface area contributed by atoms with Crippen LogP contribution in [0.15, 0.2) is 47.4 Å². The van der Waals surface area contributed by atoms with Gasteiger partial charge in [0.05, 0.1) is 13.7 Å². The van der Waals surface area contributed by atoms with Crippen molar-refractivity contribution in [3.05, 3.63) is 58.6 Å². The summed E-state index contributed by atoms with van der Waals surface area (Å²) >= 11 is 0. The van der Waals surface area contributed by atoms with Crippen LogP contribution < -0.4 is 16.5 Å². The van der Waals surface area contributed by atoms with E-state index in [1.165, 1.54) is 12.3 Å². The molecule has 1 aromatic carbocycles. The molecule has 0 radical (unpaired) electrons. The largest absolute Gasteiger partial charge is 0.468 e. The molecule has 13 nitrogen and oxygen atoms in total. The van der Waals surface area contributed by atoms with Gasteiger partial charge in [-0.25, -0.2) is 14.4 Å². The fourth-order valence-corrected chi connectivity index (χ4v) is 4.31. The Morgan fingerprint density at radius 2 is 2.00 bits per heavy atom. The van der Waals surface area contributed by atoms with Gasteiger partial charge in [0.2, 0.25) is 0 Å². The highest BCUT2D eigenvalue weighted by molar-refractivity contribution is 7.50. The van der Waals surface area contributed by atoms with Crippen molar-refractivity contribution in [1.82, 2.24) is 14.6 Å². The second-order valence-corrected chi connectivity index (χ2v) is 8.86. The third-order valence-electron chi connectivity index (χ3n) is 4.96. The summed E-state index contributed by atoms with van der Waals surface area (Å²) in [6.07, 6.45) is -4.38. The van der Waals surface area contributed by atoms with Gasteiger partial charge in [-0.15, -0.1) is 0 Å². The lowest BCUT2D eigenvalue weighted by atomic mass is 10.1. The average Bonchev–Trinajstić information content (AvgIpc) is 3.06. The van der Waals surface area contributed by atoms with E-state index in [1.54, 1.807) is 30.3 Å². The fourth-order valence-electron chi connectivity index (χ4n) is 3.30. The molecule has 0 amide bonds. The maximum atomic E-state index is 12.6. The van der Waals surface area contributed by atoms with Gasteiger partial charge in [0.25, 0.3) is 0 Å². The number of hydrogen-bond donors (Lipinski definition) is 5. The van der Waals surface area contributed by atoms with Crippen LogP contribution in [0, 0.1) is 0 Å². The quantitative estimate of drug-likeness (QED) is 0.214. The number of methoxy groups -OCH3 is 1. The number of aliphatic hydroxyl groups excluding tert-OH is 2. The molecule has 180 valence electrons. The van der Waals surface area contributed by atoms with Gasteiger partial charge in [0.15, 0.2) is 6.23 Å². The Morgan fingerprint density at radius 1 is 1.30 bits per heavy atom. The molecule has 2 aromatic rings. The molecule has 3 rings (SSSR count). The van der Waals surface area contributed by atoms with Crippen LogP contribution >= 0.6 is 7.75 Å². The molecular formula is C19H25N4O9P. The van der Waals surface area contributed by atoms with Crippen LogP contribution in [0.3, 0.4) is 0 Å². The number of aliphatic hydroxyl groups is 2.